The van der Waals surface area contributed by atoms with E-state index in [2.05, 4.69) is 5.32 Å². The van der Waals surface area contributed by atoms with E-state index in [1.54, 1.807) is 12.1 Å². The monoisotopic (exact) mass is 307 g/mol. The standard InChI is InChI=1S/C15H21N3O4/c16-12-3-1-2-4-13(12)17-14(15(19)20)9-10-5-7-11(8-6-10)18(21)22/h5-8,12-14,17H,1-4,9,16H2,(H,19,20). The first kappa shape index (κ1) is 16.4. The number of nitrogens with two attached hydrogens (primary N) is 1. The molecule has 0 amide bonds. The predicted molar refractivity (Wildman–Crippen MR) is 81.6 cm³/mol. The second-order valence-corrected chi connectivity index (χ2v) is 5.74. The number of rotatable bonds is 6. The highest BCUT2D eigenvalue weighted by atomic mass is 16.6. The van der Waals surface area contributed by atoms with E-state index in [0.717, 1.165) is 31.2 Å². The molecule has 4 N–H and O–H groups in total. The van der Waals surface area contributed by atoms with Crippen molar-refractivity contribution >= 4 is 11.7 Å². The maximum atomic E-state index is 11.4. The van der Waals surface area contributed by atoms with E-state index in [0.29, 0.717) is 0 Å². The Hall–Kier alpha value is -1.99. The van der Waals surface area contributed by atoms with E-state index in [1.165, 1.54) is 12.1 Å². The van der Waals surface area contributed by atoms with Crippen LogP contribution >= 0.6 is 0 Å². The van der Waals surface area contributed by atoms with E-state index < -0.39 is 16.9 Å². The summed E-state index contributed by atoms with van der Waals surface area (Å²) >= 11 is 0. The Bertz CT molecular complexity index is 532. The van der Waals surface area contributed by atoms with Gasteiger partial charge in [0.2, 0.25) is 0 Å². The molecule has 22 heavy (non-hydrogen) atoms. The molecule has 0 spiro atoms. The normalized spacial score (nSPS) is 23.0. The van der Waals surface area contributed by atoms with Crippen LogP contribution in [0.2, 0.25) is 0 Å². The van der Waals surface area contributed by atoms with E-state index in [1.807, 2.05) is 0 Å². The zero-order valence-corrected chi connectivity index (χ0v) is 12.3. The van der Waals surface area contributed by atoms with Crippen molar-refractivity contribution in [3.05, 3.63) is 39.9 Å². The molecule has 1 fully saturated rings. The summed E-state index contributed by atoms with van der Waals surface area (Å²) in [6.45, 7) is 0. The quantitative estimate of drug-likeness (QED) is 0.540. The summed E-state index contributed by atoms with van der Waals surface area (Å²) in [6, 6.07) is 5.21. The van der Waals surface area contributed by atoms with Gasteiger partial charge in [-0.2, -0.15) is 0 Å². The third-order valence-corrected chi connectivity index (χ3v) is 4.12. The van der Waals surface area contributed by atoms with Crippen molar-refractivity contribution in [2.24, 2.45) is 5.73 Å². The van der Waals surface area contributed by atoms with Gasteiger partial charge in [-0.05, 0) is 24.8 Å². The average molecular weight is 307 g/mol. The van der Waals surface area contributed by atoms with E-state index in [9.17, 15) is 20.0 Å². The molecule has 1 aromatic carbocycles. The lowest BCUT2D eigenvalue weighted by Crippen LogP contribution is -2.53. The maximum absolute atomic E-state index is 11.4. The number of carbonyl (C=O) groups is 1. The smallest absolute Gasteiger partial charge is 0.321 e. The lowest BCUT2D eigenvalue weighted by molar-refractivity contribution is -0.384. The molecular weight excluding hydrogens is 286 g/mol. The Morgan fingerprint density at radius 2 is 2.00 bits per heavy atom. The zero-order valence-electron chi connectivity index (χ0n) is 12.3. The number of hydrogen-bond donors (Lipinski definition) is 3. The molecule has 1 aliphatic carbocycles. The van der Waals surface area contributed by atoms with Gasteiger partial charge in [-0.1, -0.05) is 25.0 Å². The highest BCUT2D eigenvalue weighted by Gasteiger charge is 2.27. The molecule has 3 atom stereocenters. The van der Waals surface area contributed by atoms with Crippen LogP contribution in [0, 0.1) is 10.1 Å². The van der Waals surface area contributed by atoms with Crippen molar-refractivity contribution in [1.29, 1.82) is 0 Å². The van der Waals surface area contributed by atoms with Crippen LogP contribution in [0.3, 0.4) is 0 Å². The minimum absolute atomic E-state index is 0.00196. The number of nitro groups is 1. The van der Waals surface area contributed by atoms with Crippen LogP contribution in [0.15, 0.2) is 24.3 Å². The van der Waals surface area contributed by atoms with Crippen molar-refractivity contribution < 1.29 is 14.8 Å². The second-order valence-electron chi connectivity index (χ2n) is 5.74. The first-order valence-corrected chi connectivity index (χ1v) is 7.45. The van der Waals surface area contributed by atoms with Crippen molar-refractivity contribution in [3.8, 4) is 0 Å². The lowest BCUT2D eigenvalue weighted by atomic mass is 9.90. The first-order valence-electron chi connectivity index (χ1n) is 7.45. The molecule has 0 heterocycles. The Morgan fingerprint density at radius 3 is 2.55 bits per heavy atom. The SMILES string of the molecule is NC1CCCCC1NC(Cc1ccc([N+](=O)[O-])cc1)C(=O)O. The van der Waals surface area contributed by atoms with Gasteiger partial charge >= 0.3 is 5.97 Å². The third kappa shape index (κ3) is 4.25. The average Bonchev–Trinajstić information content (AvgIpc) is 2.49. The largest absolute Gasteiger partial charge is 0.480 e. The van der Waals surface area contributed by atoms with Gasteiger partial charge in [0.25, 0.3) is 5.69 Å². The van der Waals surface area contributed by atoms with Crippen LogP contribution in [0.25, 0.3) is 0 Å². The fourth-order valence-electron chi connectivity index (χ4n) is 2.83. The van der Waals surface area contributed by atoms with Gasteiger partial charge in [0.05, 0.1) is 4.92 Å². The number of nitrogens with zero attached hydrogens (tertiary/aromatic N) is 1. The van der Waals surface area contributed by atoms with Crippen LogP contribution in [-0.2, 0) is 11.2 Å². The number of carboxylic acids is 1. The maximum Gasteiger partial charge on any atom is 0.321 e. The van der Waals surface area contributed by atoms with Gasteiger partial charge in [-0.3, -0.25) is 20.2 Å². The third-order valence-electron chi connectivity index (χ3n) is 4.12. The Morgan fingerprint density at radius 1 is 1.36 bits per heavy atom. The fraction of sp³-hybridized carbons (Fsp3) is 0.533. The highest BCUT2D eigenvalue weighted by Crippen LogP contribution is 2.19. The van der Waals surface area contributed by atoms with Crippen molar-refractivity contribution in [2.75, 3.05) is 0 Å². The Kier molecular flexibility index (Phi) is 5.46. The molecule has 7 nitrogen and oxygen atoms in total. The van der Waals surface area contributed by atoms with Gasteiger partial charge in [-0.15, -0.1) is 0 Å². The number of nitro benzene ring substituents is 1. The molecule has 1 aromatic rings. The topological polar surface area (TPSA) is 118 Å². The first-order chi connectivity index (χ1) is 10.5. The number of carboxylic acid groups (broad SMARTS) is 1. The van der Waals surface area contributed by atoms with Crippen LogP contribution in [0.5, 0.6) is 0 Å². The number of benzene rings is 1. The summed E-state index contributed by atoms with van der Waals surface area (Å²) in [7, 11) is 0. The molecular formula is C15H21N3O4. The molecule has 120 valence electrons. The molecule has 0 aliphatic heterocycles. The Labute approximate surface area is 128 Å². The molecule has 1 aliphatic rings. The summed E-state index contributed by atoms with van der Waals surface area (Å²) in [5.74, 6) is -0.934. The van der Waals surface area contributed by atoms with E-state index in [4.69, 9.17) is 5.73 Å². The second kappa shape index (κ2) is 7.33. The molecule has 0 bridgehead atoms. The molecule has 1 saturated carbocycles. The molecule has 7 heteroatoms. The number of aliphatic carboxylic acids is 1. The number of hydrogen-bond acceptors (Lipinski definition) is 5. The molecule has 0 saturated heterocycles. The van der Waals surface area contributed by atoms with Gasteiger partial charge in [0.1, 0.15) is 6.04 Å². The van der Waals surface area contributed by atoms with Gasteiger partial charge in [0, 0.05) is 24.2 Å². The van der Waals surface area contributed by atoms with Crippen molar-refractivity contribution in [2.45, 2.75) is 50.2 Å². The van der Waals surface area contributed by atoms with Crippen LogP contribution in [-0.4, -0.2) is 34.1 Å². The summed E-state index contributed by atoms with van der Waals surface area (Å²) in [5, 5.41) is 23.1. The number of nitrogens with one attached hydrogen (secondary N) is 1. The minimum Gasteiger partial charge on any atom is -0.480 e. The van der Waals surface area contributed by atoms with Gasteiger partial charge < -0.3 is 10.8 Å². The fourth-order valence-corrected chi connectivity index (χ4v) is 2.83. The predicted octanol–water partition coefficient (Wildman–Crippen LogP) is 1.45. The van der Waals surface area contributed by atoms with Crippen molar-refractivity contribution in [3.63, 3.8) is 0 Å². The minimum atomic E-state index is -0.934. The van der Waals surface area contributed by atoms with Crippen molar-refractivity contribution in [1.82, 2.24) is 5.32 Å². The summed E-state index contributed by atoms with van der Waals surface area (Å²) in [5.41, 5.74) is 6.79. The highest BCUT2D eigenvalue weighted by molar-refractivity contribution is 5.74. The zero-order chi connectivity index (χ0) is 16.1. The number of non-ortho nitro benzene ring substituents is 1. The molecule has 2 rings (SSSR count). The summed E-state index contributed by atoms with van der Waals surface area (Å²) < 4.78 is 0. The molecule has 3 unspecified atom stereocenters. The van der Waals surface area contributed by atoms with Crippen LogP contribution < -0.4 is 11.1 Å². The van der Waals surface area contributed by atoms with Gasteiger partial charge in [0.15, 0.2) is 0 Å². The van der Waals surface area contributed by atoms with Crippen LogP contribution in [0.1, 0.15) is 31.2 Å². The summed E-state index contributed by atoms with van der Waals surface area (Å²) in [6.07, 6.45) is 4.19. The molecule has 0 radical (unpaired) electrons. The Balaban J connectivity index is 2.02. The molecule has 0 aromatic heterocycles. The van der Waals surface area contributed by atoms with Gasteiger partial charge in [-0.25, -0.2) is 0 Å². The van der Waals surface area contributed by atoms with E-state index >= 15 is 0 Å². The van der Waals surface area contributed by atoms with Crippen LogP contribution in [0.4, 0.5) is 5.69 Å². The summed E-state index contributed by atoms with van der Waals surface area (Å²) in [4.78, 5) is 21.6. The van der Waals surface area contributed by atoms with E-state index in [-0.39, 0.29) is 24.2 Å². The lowest BCUT2D eigenvalue weighted by Gasteiger charge is -2.31.